The molecule has 0 bridgehead atoms. The molecule has 0 aliphatic carbocycles. The zero-order chi connectivity index (χ0) is 20.1. The average Bonchev–Trinajstić information content (AvgIpc) is 2.78. The molecule has 3 nitrogen and oxygen atoms in total. The molecule has 0 aliphatic heterocycles. The molecule has 0 amide bonds. The summed E-state index contributed by atoms with van der Waals surface area (Å²) in [7, 11) is 2.08. The minimum absolute atomic E-state index is 0.244. The van der Waals surface area contributed by atoms with Crippen LogP contribution in [0, 0.1) is 0 Å². The van der Waals surface area contributed by atoms with Crippen LogP contribution in [-0.2, 0) is 6.42 Å². The first-order valence-corrected chi connectivity index (χ1v) is 9.81. The Labute approximate surface area is 171 Å². The smallest absolute Gasteiger partial charge is 0.129 e. The van der Waals surface area contributed by atoms with Crippen molar-refractivity contribution in [3.8, 4) is 28.1 Å². The monoisotopic (exact) mass is 380 g/mol. The maximum Gasteiger partial charge on any atom is 0.129 e. The van der Waals surface area contributed by atoms with Crippen LogP contribution in [-0.4, -0.2) is 23.7 Å². The van der Waals surface area contributed by atoms with Crippen molar-refractivity contribution < 1.29 is 5.11 Å². The van der Waals surface area contributed by atoms with Crippen LogP contribution in [0.25, 0.3) is 22.4 Å². The number of phenols is 1. The van der Waals surface area contributed by atoms with Gasteiger partial charge in [-0.3, -0.25) is 0 Å². The first kappa shape index (κ1) is 18.8. The predicted molar refractivity (Wildman–Crippen MR) is 120 cm³/mol. The van der Waals surface area contributed by atoms with E-state index in [0.29, 0.717) is 0 Å². The molecule has 1 aromatic heterocycles. The zero-order valence-electron chi connectivity index (χ0n) is 16.5. The lowest BCUT2D eigenvalue weighted by Crippen LogP contribution is -2.21. The molecular formula is C26H24N2O. The van der Waals surface area contributed by atoms with Crippen LogP contribution in [0.1, 0.15) is 5.56 Å². The van der Waals surface area contributed by atoms with Gasteiger partial charge in [-0.15, -0.1) is 0 Å². The second kappa shape index (κ2) is 8.61. The minimum atomic E-state index is 0.244. The van der Waals surface area contributed by atoms with Gasteiger partial charge in [0.05, 0.1) is 5.69 Å². The predicted octanol–water partition coefficient (Wildman–Crippen LogP) is 5.80. The number of aromatic nitrogens is 1. The van der Waals surface area contributed by atoms with Crippen molar-refractivity contribution in [2.24, 2.45) is 0 Å². The molecule has 3 heteroatoms. The highest BCUT2D eigenvalue weighted by atomic mass is 16.3. The maximum absolute atomic E-state index is 9.91. The first-order valence-electron chi connectivity index (χ1n) is 9.81. The average molecular weight is 380 g/mol. The summed E-state index contributed by atoms with van der Waals surface area (Å²) in [6, 6.07) is 32.3. The molecule has 29 heavy (non-hydrogen) atoms. The van der Waals surface area contributed by atoms with Crippen molar-refractivity contribution in [1.29, 1.82) is 0 Å². The van der Waals surface area contributed by atoms with E-state index in [0.717, 1.165) is 41.2 Å². The van der Waals surface area contributed by atoms with Crippen LogP contribution >= 0.6 is 0 Å². The Bertz CT molecular complexity index is 1080. The van der Waals surface area contributed by atoms with Crippen LogP contribution in [0.15, 0.2) is 97.1 Å². The highest BCUT2D eigenvalue weighted by Crippen LogP contribution is 2.30. The fourth-order valence-electron chi connectivity index (χ4n) is 3.38. The summed E-state index contributed by atoms with van der Waals surface area (Å²) in [6.45, 7) is 0.870. The number of hydrogen-bond donors (Lipinski definition) is 1. The van der Waals surface area contributed by atoms with Crippen molar-refractivity contribution >= 4 is 5.82 Å². The topological polar surface area (TPSA) is 36.4 Å². The third kappa shape index (κ3) is 4.64. The molecule has 0 saturated carbocycles. The van der Waals surface area contributed by atoms with Gasteiger partial charge in [0.2, 0.25) is 0 Å². The van der Waals surface area contributed by atoms with Gasteiger partial charge < -0.3 is 10.0 Å². The second-order valence-corrected chi connectivity index (χ2v) is 7.17. The van der Waals surface area contributed by atoms with Crippen LogP contribution < -0.4 is 4.90 Å². The SMILES string of the molecule is CN(CCc1ccccc1)c1cc(-c2ccccc2)cc(-c2cccc(O)c2)n1. The molecule has 0 atom stereocenters. The van der Waals surface area contributed by atoms with E-state index in [9.17, 15) is 5.11 Å². The number of phenolic OH excluding ortho intramolecular Hbond substituents is 1. The third-order valence-electron chi connectivity index (χ3n) is 5.03. The highest BCUT2D eigenvalue weighted by molar-refractivity contribution is 5.74. The van der Waals surface area contributed by atoms with Crippen molar-refractivity contribution in [3.05, 3.63) is 103 Å². The van der Waals surface area contributed by atoms with Gasteiger partial charge in [-0.1, -0.05) is 72.8 Å². The molecule has 0 spiro atoms. The summed E-state index contributed by atoms with van der Waals surface area (Å²) in [5, 5.41) is 9.91. The lowest BCUT2D eigenvalue weighted by atomic mass is 10.0. The molecule has 144 valence electrons. The van der Waals surface area contributed by atoms with Crippen LogP contribution in [0.4, 0.5) is 5.82 Å². The van der Waals surface area contributed by atoms with E-state index in [-0.39, 0.29) is 5.75 Å². The van der Waals surface area contributed by atoms with Crippen molar-refractivity contribution in [1.82, 2.24) is 4.98 Å². The van der Waals surface area contributed by atoms with Crippen LogP contribution in [0.2, 0.25) is 0 Å². The Hall–Kier alpha value is -3.59. The van der Waals surface area contributed by atoms with Gasteiger partial charge in [-0.25, -0.2) is 4.98 Å². The number of hydrogen-bond acceptors (Lipinski definition) is 3. The first-order chi connectivity index (χ1) is 14.2. The Morgan fingerprint density at radius 2 is 1.41 bits per heavy atom. The number of likely N-dealkylation sites (N-methyl/N-ethyl adjacent to an activating group) is 1. The number of nitrogens with zero attached hydrogens (tertiary/aromatic N) is 2. The van der Waals surface area contributed by atoms with Crippen molar-refractivity contribution in [3.63, 3.8) is 0 Å². The highest BCUT2D eigenvalue weighted by Gasteiger charge is 2.11. The fourth-order valence-corrected chi connectivity index (χ4v) is 3.38. The van der Waals surface area contributed by atoms with Crippen LogP contribution in [0.5, 0.6) is 5.75 Å². The van der Waals surface area contributed by atoms with Gasteiger partial charge in [0.1, 0.15) is 11.6 Å². The third-order valence-corrected chi connectivity index (χ3v) is 5.03. The van der Waals surface area contributed by atoms with E-state index >= 15 is 0 Å². The summed E-state index contributed by atoms with van der Waals surface area (Å²) < 4.78 is 0. The number of anilines is 1. The van der Waals surface area contributed by atoms with E-state index < -0.39 is 0 Å². The summed E-state index contributed by atoms with van der Waals surface area (Å²) in [4.78, 5) is 7.08. The van der Waals surface area contributed by atoms with Crippen molar-refractivity contribution in [2.45, 2.75) is 6.42 Å². The molecule has 0 saturated heterocycles. The summed E-state index contributed by atoms with van der Waals surface area (Å²) in [5.74, 6) is 1.16. The summed E-state index contributed by atoms with van der Waals surface area (Å²) in [5.41, 5.74) is 5.32. The minimum Gasteiger partial charge on any atom is -0.508 e. The molecule has 0 aliphatic rings. The number of pyridine rings is 1. The van der Waals surface area contributed by atoms with Gasteiger partial charge in [0.25, 0.3) is 0 Å². The second-order valence-electron chi connectivity index (χ2n) is 7.17. The molecule has 0 radical (unpaired) electrons. The normalized spacial score (nSPS) is 10.7. The fraction of sp³-hybridized carbons (Fsp3) is 0.115. The van der Waals surface area contributed by atoms with Gasteiger partial charge in [-0.05, 0) is 47.4 Å². The number of rotatable bonds is 6. The Morgan fingerprint density at radius 3 is 2.14 bits per heavy atom. The zero-order valence-corrected chi connectivity index (χ0v) is 16.5. The molecule has 1 heterocycles. The number of aromatic hydroxyl groups is 1. The molecule has 0 fully saturated rings. The quantitative estimate of drug-likeness (QED) is 0.459. The maximum atomic E-state index is 9.91. The lowest BCUT2D eigenvalue weighted by Gasteiger charge is -2.20. The van der Waals surface area contributed by atoms with Gasteiger partial charge in [-0.2, -0.15) is 0 Å². The Balaban J connectivity index is 1.69. The summed E-state index contributed by atoms with van der Waals surface area (Å²) in [6.07, 6.45) is 0.954. The number of benzene rings is 3. The van der Waals surface area contributed by atoms with E-state index in [1.165, 1.54) is 5.56 Å². The summed E-state index contributed by atoms with van der Waals surface area (Å²) >= 11 is 0. The van der Waals surface area contributed by atoms with Crippen LogP contribution in [0.3, 0.4) is 0 Å². The van der Waals surface area contributed by atoms with E-state index in [4.69, 9.17) is 4.98 Å². The van der Waals surface area contributed by atoms with E-state index in [1.54, 1.807) is 12.1 Å². The molecule has 3 aromatic carbocycles. The van der Waals surface area contributed by atoms with Gasteiger partial charge in [0, 0.05) is 19.2 Å². The molecule has 4 rings (SSSR count). The van der Waals surface area contributed by atoms with Gasteiger partial charge >= 0.3 is 0 Å². The molecule has 1 N–H and O–H groups in total. The molecule has 4 aromatic rings. The largest absolute Gasteiger partial charge is 0.508 e. The Morgan fingerprint density at radius 1 is 0.724 bits per heavy atom. The molecular weight excluding hydrogens is 356 g/mol. The standard InChI is InChI=1S/C26H24N2O/c1-28(16-15-20-9-4-2-5-10-20)26-19-23(21-11-6-3-7-12-21)18-25(27-26)22-13-8-14-24(29)17-22/h2-14,17-19,29H,15-16H2,1H3. The van der Waals surface area contributed by atoms with Gasteiger partial charge in [0.15, 0.2) is 0 Å². The molecule has 0 unspecified atom stereocenters. The Kier molecular flexibility index (Phi) is 5.57. The van der Waals surface area contributed by atoms with E-state index in [1.807, 2.05) is 36.4 Å². The van der Waals surface area contributed by atoms with E-state index in [2.05, 4.69) is 60.5 Å². The lowest BCUT2D eigenvalue weighted by molar-refractivity contribution is 0.475. The van der Waals surface area contributed by atoms with Crippen molar-refractivity contribution in [2.75, 3.05) is 18.5 Å².